The summed E-state index contributed by atoms with van der Waals surface area (Å²) in [5.74, 6) is -0.382. The molecule has 1 heterocycles. The van der Waals surface area contributed by atoms with Crippen LogP contribution >= 0.6 is 0 Å². The molecule has 2 rings (SSSR count). The van der Waals surface area contributed by atoms with E-state index in [0.29, 0.717) is 18.8 Å². The molecule has 0 unspecified atom stereocenters. The second-order valence-corrected chi connectivity index (χ2v) is 6.20. The lowest BCUT2D eigenvalue weighted by Gasteiger charge is -2.31. The number of carbonyl (C=O) groups is 1. The summed E-state index contributed by atoms with van der Waals surface area (Å²) in [6, 6.07) is 6.44. The highest BCUT2D eigenvalue weighted by Crippen LogP contribution is 2.25. The van der Waals surface area contributed by atoms with Crippen LogP contribution in [0.1, 0.15) is 0 Å². The summed E-state index contributed by atoms with van der Waals surface area (Å²) < 4.78 is 26.7. The van der Waals surface area contributed by atoms with Gasteiger partial charge < -0.3 is 10.2 Å². The second-order valence-electron chi connectivity index (χ2n) is 4.52. The van der Waals surface area contributed by atoms with Crippen molar-refractivity contribution in [3.63, 3.8) is 0 Å². The van der Waals surface area contributed by atoms with E-state index < -0.39 is 16.2 Å². The van der Waals surface area contributed by atoms with Crippen LogP contribution in [0.5, 0.6) is 0 Å². The average Bonchev–Trinajstić information content (AvgIpc) is 2.45. The number of carbonyl (C=O) groups excluding carboxylic acids is 1. The molecule has 6 nitrogen and oxygen atoms in total. The molecule has 2 N–H and O–H groups in total. The Bertz CT molecular complexity index is 660. The number of nitrogens with one attached hydrogen (secondary N) is 2. The number of benzene rings is 1. The molecule has 1 aliphatic rings. The lowest BCUT2D eigenvalue weighted by atomic mass is 10.3. The molecule has 0 saturated carbocycles. The van der Waals surface area contributed by atoms with Crippen molar-refractivity contribution >= 4 is 21.6 Å². The number of sulfonamides is 1. The highest BCUT2D eigenvalue weighted by molar-refractivity contribution is 7.89. The van der Waals surface area contributed by atoms with Crippen molar-refractivity contribution in [2.45, 2.75) is 11.1 Å². The SMILES string of the molecule is C=CCN(CC=C)C(=O)[C@H]1Nc2ccccc2S(=O)(=O)N1. The summed E-state index contributed by atoms with van der Waals surface area (Å²) in [5, 5.41) is 2.90. The summed E-state index contributed by atoms with van der Waals surface area (Å²) in [4.78, 5) is 14.0. The van der Waals surface area contributed by atoms with Gasteiger partial charge in [0.25, 0.3) is 5.91 Å². The fourth-order valence-corrected chi connectivity index (χ4v) is 3.36. The third-order valence-corrected chi connectivity index (χ3v) is 4.49. The van der Waals surface area contributed by atoms with E-state index in [9.17, 15) is 13.2 Å². The minimum Gasteiger partial charge on any atom is -0.360 e. The maximum atomic E-state index is 12.4. The molecule has 1 aromatic carbocycles. The highest BCUT2D eigenvalue weighted by atomic mass is 32.2. The Kier molecular flexibility index (Phi) is 4.44. The van der Waals surface area contributed by atoms with Gasteiger partial charge in [-0.15, -0.1) is 13.2 Å². The van der Waals surface area contributed by atoms with Crippen LogP contribution in [0.25, 0.3) is 0 Å². The Labute approximate surface area is 124 Å². The van der Waals surface area contributed by atoms with Crippen LogP contribution in [0.15, 0.2) is 54.5 Å². The third kappa shape index (κ3) is 3.14. The molecule has 0 spiro atoms. The first-order chi connectivity index (χ1) is 9.99. The van der Waals surface area contributed by atoms with Gasteiger partial charge in [-0.05, 0) is 12.1 Å². The molecule has 0 saturated heterocycles. The van der Waals surface area contributed by atoms with E-state index in [1.165, 1.54) is 11.0 Å². The standard InChI is InChI=1S/C14H17N3O3S/c1-3-9-17(10-4-2)14(18)13-15-11-7-5-6-8-12(11)21(19,20)16-13/h3-8,13,15-16H,1-2,9-10H2/t13-/m0/s1. The van der Waals surface area contributed by atoms with Crippen LogP contribution in [-0.4, -0.2) is 38.5 Å². The van der Waals surface area contributed by atoms with Gasteiger partial charge >= 0.3 is 0 Å². The Morgan fingerprint density at radius 3 is 2.48 bits per heavy atom. The molecule has 7 heteroatoms. The number of fused-ring (bicyclic) bond motifs is 1. The van der Waals surface area contributed by atoms with Gasteiger partial charge in [0, 0.05) is 13.1 Å². The first kappa shape index (κ1) is 15.3. The summed E-state index contributed by atoms with van der Waals surface area (Å²) in [6.07, 6.45) is 2.11. The number of hydrogen-bond donors (Lipinski definition) is 2. The van der Waals surface area contributed by atoms with Crippen LogP contribution < -0.4 is 10.0 Å². The minimum absolute atomic E-state index is 0.132. The first-order valence-electron chi connectivity index (χ1n) is 6.38. The van der Waals surface area contributed by atoms with Crippen LogP contribution in [0.4, 0.5) is 5.69 Å². The fraction of sp³-hybridized carbons (Fsp3) is 0.214. The van der Waals surface area contributed by atoms with Crippen molar-refractivity contribution in [2.75, 3.05) is 18.4 Å². The van der Waals surface area contributed by atoms with E-state index in [1.54, 1.807) is 30.4 Å². The number of hydrogen-bond acceptors (Lipinski definition) is 4. The summed E-state index contributed by atoms with van der Waals surface area (Å²) in [6.45, 7) is 7.80. The van der Waals surface area contributed by atoms with E-state index in [0.717, 1.165) is 0 Å². The molecule has 1 amide bonds. The zero-order valence-electron chi connectivity index (χ0n) is 11.5. The normalized spacial score (nSPS) is 19.0. The van der Waals surface area contributed by atoms with E-state index in [1.807, 2.05) is 0 Å². The van der Waals surface area contributed by atoms with Gasteiger partial charge in [-0.1, -0.05) is 24.3 Å². The fourth-order valence-electron chi connectivity index (χ4n) is 2.08. The highest BCUT2D eigenvalue weighted by Gasteiger charge is 2.34. The lowest BCUT2D eigenvalue weighted by molar-refractivity contribution is -0.131. The molecule has 1 aromatic rings. The van der Waals surface area contributed by atoms with Crippen molar-refractivity contribution in [2.24, 2.45) is 0 Å². The van der Waals surface area contributed by atoms with Crippen molar-refractivity contribution in [1.82, 2.24) is 9.62 Å². The van der Waals surface area contributed by atoms with E-state index in [4.69, 9.17) is 0 Å². The molecule has 0 aliphatic carbocycles. The Morgan fingerprint density at radius 2 is 1.86 bits per heavy atom. The predicted octanol–water partition coefficient (Wildman–Crippen LogP) is 0.917. The zero-order valence-corrected chi connectivity index (χ0v) is 12.3. The molecular formula is C14H17N3O3S. The van der Waals surface area contributed by atoms with Crippen molar-refractivity contribution in [3.8, 4) is 0 Å². The van der Waals surface area contributed by atoms with Gasteiger partial charge in [-0.3, -0.25) is 4.79 Å². The predicted molar refractivity (Wildman–Crippen MR) is 81.1 cm³/mol. The van der Waals surface area contributed by atoms with E-state index in [2.05, 4.69) is 23.2 Å². The molecule has 0 fully saturated rings. The van der Waals surface area contributed by atoms with Crippen LogP contribution in [0, 0.1) is 0 Å². The Hall–Kier alpha value is -2.12. The number of nitrogens with zero attached hydrogens (tertiary/aromatic N) is 1. The van der Waals surface area contributed by atoms with Crippen LogP contribution in [-0.2, 0) is 14.8 Å². The lowest BCUT2D eigenvalue weighted by Crippen LogP contribution is -2.55. The van der Waals surface area contributed by atoms with Crippen molar-refractivity contribution in [3.05, 3.63) is 49.6 Å². The van der Waals surface area contributed by atoms with Crippen LogP contribution in [0.3, 0.4) is 0 Å². The van der Waals surface area contributed by atoms with Gasteiger partial charge in [0.05, 0.1) is 5.69 Å². The maximum Gasteiger partial charge on any atom is 0.261 e. The smallest absolute Gasteiger partial charge is 0.261 e. The molecule has 1 atom stereocenters. The largest absolute Gasteiger partial charge is 0.360 e. The summed E-state index contributed by atoms with van der Waals surface area (Å²) >= 11 is 0. The maximum absolute atomic E-state index is 12.4. The molecule has 0 bridgehead atoms. The topological polar surface area (TPSA) is 78.5 Å². The van der Waals surface area contributed by atoms with Crippen LogP contribution in [0.2, 0.25) is 0 Å². The van der Waals surface area contributed by atoms with E-state index >= 15 is 0 Å². The molecule has 1 aliphatic heterocycles. The second kappa shape index (κ2) is 6.11. The molecular weight excluding hydrogens is 290 g/mol. The Morgan fingerprint density at radius 1 is 1.24 bits per heavy atom. The average molecular weight is 307 g/mol. The molecule has 112 valence electrons. The quantitative estimate of drug-likeness (QED) is 0.793. The minimum atomic E-state index is -3.71. The third-order valence-electron chi connectivity index (χ3n) is 3.01. The molecule has 21 heavy (non-hydrogen) atoms. The number of para-hydroxylation sites is 1. The van der Waals surface area contributed by atoms with Gasteiger partial charge in [-0.2, -0.15) is 4.72 Å². The molecule has 0 aromatic heterocycles. The zero-order chi connectivity index (χ0) is 15.5. The van der Waals surface area contributed by atoms with Gasteiger partial charge in [-0.25, -0.2) is 8.42 Å². The monoisotopic (exact) mass is 307 g/mol. The van der Waals surface area contributed by atoms with E-state index in [-0.39, 0.29) is 10.8 Å². The van der Waals surface area contributed by atoms with Gasteiger partial charge in [0.1, 0.15) is 4.90 Å². The van der Waals surface area contributed by atoms with Crippen molar-refractivity contribution < 1.29 is 13.2 Å². The first-order valence-corrected chi connectivity index (χ1v) is 7.86. The van der Waals surface area contributed by atoms with Crippen molar-refractivity contribution in [1.29, 1.82) is 0 Å². The van der Waals surface area contributed by atoms with Gasteiger partial charge in [0.15, 0.2) is 6.17 Å². The Balaban J connectivity index is 2.29. The summed E-state index contributed by atoms with van der Waals surface area (Å²) in [7, 11) is -3.71. The number of rotatable bonds is 5. The molecule has 0 radical (unpaired) electrons. The number of amides is 1. The number of anilines is 1. The van der Waals surface area contributed by atoms with Gasteiger partial charge in [0.2, 0.25) is 10.0 Å². The summed E-state index contributed by atoms with van der Waals surface area (Å²) in [5.41, 5.74) is 0.409.